The first-order valence-electron chi connectivity index (χ1n) is 8.08. The molecule has 122 valence electrons. The van der Waals surface area contributed by atoms with Gasteiger partial charge >= 0.3 is 0 Å². The average Bonchev–Trinajstić information content (AvgIpc) is 3.05. The van der Waals surface area contributed by atoms with E-state index in [0.29, 0.717) is 25.2 Å². The summed E-state index contributed by atoms with van der Waals surface area (Å²) in [6.07, 6.45) is 0.711. The Bertz CT molecular complexity index is 903. The summed E-state index contributed by atoms with van der Waals surface area (Å²) in [7, 11) is 0. The Morgan fingerprint density at radius 3 is 3.08 bits per heavy atom. The van der Waals surface area contributed by atoms with Crippen LogP contribution in [-0.2, 0) is 13.0 Å². The number of aromatic nitrogens is 4. The van der Waals surface area contributed by atoms with Crippen molar-refractivity contribution in [2.75, 3.05) is 18.4 Å². The first-order valence-corrected chi connectivity index (χ1v) is 8.08. The number of H-pyrrole nitrogens is 1. The molecule has 2 aromatic heterocycles. The Hall–Kier alpha value is -2.96. The van der Waals surface area contributed by atoms with Crippen LogP contribution in [0.25, 0.3) is 10.9 Å². The Labute approximate surface area is 139 Å². The van der Waals surface area contributed by atoms with Crippen LogP contribution in [0.1, 0.15) is 28.7 Å². The van der Waals surface area contributed by atoms with Crippen molar-refractivity contribution < 1.29 is 4.79 Å². The molecule has 3 heterocycles. The van der Waals surface area contributed by atoms with Crippen molar-refractivity contribution in [3.63, 3.8) is 0 Å². The van der Waals surface area contributed by atoms with Crippen molar-refractivity contribution in [1.29, 1.82) is 0 Å². The molecule has 1 aliphatic heterocycles. The lowest BCUT2D eigenvalue weighted by atomic mass is 10.1. The van der Waals surface area contributed by atoms with E-state index in [4.69, 9.17) is 0 Å². The SMILES string of the molecule is CCNc1cc2c(nn1)CCN(C(=O)c1n[nH]c3ccccc13)C2. The molecule has 1 aromatic carbocycles. The molecule has 0 fully saturated rings. The van der Waals surface area contributed by atoms with Crippen molar-refractivity contribution in [2.45, 2.75) is 19.9 Å². The van der Waals surface area contributed by atoms with Gasteiger partial charge in [-0.05, 0) is 24.6 Å². The van der Waals surface area contributed by atoms with Crippen LogP contribution in [0.4, 0.5) is 5.82 Å². The van der Waals surface area contributed by atoms with E-state index >= 15 is 0 Å². The minimum atomic E-state index is -0.0556. The van der Waals surface area contributed by atoms with Crippen molar-refractivity contribution >= 4 is 22.6 Å². The van der Waals surface area contributed by atoms with Gasteiger partial charge in [0.05, 0.1) is 11.2 Å². The molecule has 0 aliphatic carbocycles. The van der Waals surface area contributed by atoms with Crippen LogP contribution in [0.5, 0.6) is 0 Å². The van der Waals surface area contributed by atoms with Crippen LogP contribution in [0.2, 0.25) is 0 Å². The molecular formula is C17H18N6O. The maximum atomic E-state index is 12.9. The molecule has 2 N–H and O–H groups in total. The first kappa shape index (κ1) is 14.6. The zero-order valence-electron chi connectivity index (χ0n) is 13.4. The number of nitrogens with zero attached hydrogens (tertiary/aromatic N) is 4. The van der Waals surface area contributed by atoms with Gasteiger partial charge in [0.25, 0.3) is 5.91 Å². The summed E-state index contributed by atoms with van der Waals surface area (Å²) < 4.78 is 0. The number of aromatic amines is 1. The van der Waals surface area contributed by atoms with Crippen LogP contribution in [0.15, 0.2) is 30.3 Å². The van der Waals surface area contributed by atoms with Gasteiger partial charge in [0.15, 0.2) is 5.69 Å². The predicted molar refractivity (Wildman–Crippen MR) is 90.7 cm³/mol. The van der Waals surface area contributed by atoms with Gasteiger partial charge < -0.3 is 10.2 Å². The zero-order chi connectivity index (χ0) is 16.5. The molecule has 24 heavy (non-hydrogen) atoms. The fourth-order valence-electron chi connectivity index (χ4n) is 3.05. The molecule has 0 saturated carbocycles. The van der Waals surface area contributed by atoms with Crippen LogP contribution >= 0.6 is 0 Å². The van der Waals surface area contributed by atoms with Crippen LogP contribution in [-0.4, -0.2) is 44.3 Å². The van der Waals surface area contributed by atoms with Gasteiger partial charge in [0.2, 0.25) is 0 Å². The molecule has 0 saturated heterocycles. The summed E-state index contributed by atoms with van der Waals surface area (Å²) in [5.74, 6) is 0.690. The molecule has 0 spiro atoms. The van der Waals surface area contributed by atoms with E-state index in [-0.39, 0.29) is 5.91 Å². The lowest BCUT2D eigenvalue weighted by Gasteiger charge is -2.27. The third-order valence-electron chi connectivity index (χ3n) is 4.26. The molecule has 0 radical (unpaired) electrons. The smallest absolute Gasteiger partial charge is 0.275 e. The third-order valence-corrected chi connectivity index (χ3v) is 4.26. The number of hydrogen-bond donors (Lipinski definition) is 2. The number of rotatable bonds is 3. The molecule has 3 aromatic rings. The number of fused-ring (bicyclic) bond motifs is 2. The summed E-state index contributed by atoms with van der Waals surface area (Å²) in [4.78, 5) is 14.7. The number of amides is 1. The normalized spacial score (nSPS) is 13.8. The maximum Gasteiger partial charge on any atom is 0.275 e. The molecule has 1 amide bonds. The van der Waals surface area contributed by atoms with Gasteiger partial charge in [-0.2, -0.15) is 10.2 Å². The number of nitrogens with one attached hydrogen (secondary N) is 2. The topological polar surface area (TPSA) is 86.8 Å². The summed E-state index contributed by atoms with van der Waals surface area (Å²) in [5, 5.41) is 19.6. The minimum absolute atomic E-state index is 0.0556. The van der Waals surface area contributed by atoms with E-state index in [1.165, 1.54) is 0 Å². The van der Waals surface area contributed by atoms with Crippen LogP contribution < -0.4 is 5.32 Å². The third kappa shape index (κ3) is 2.47. The van der Waals surface area contributed by atoms with Gasteiger partial charge in [-0.3, -0.25) is 9.89 Å². The Morgan fingerprint density at radius 2 is 2.21 bits per heavy atom. The second kappa shape index (κ2) is 5.92. The maximum absolute atomic E-state index is 12.9. The lowest BCUT2D eigenvalue weighted by Crippen LogP contribution is -2.36. The number of anilines is 1. The lowest BCUT2D eigenvalue weighted by molar-refractivity contribution is 0.0729. The van der Waals surface area contributed by atoms with E-state index in [2.05, 4.69) is 25.7 Å². The number of benzene rings is 1. The van der Waals surface area contributed by atoms with E-state index in [1.807, 2.05) is 42.2 Å². The second-order valence-corrected chi connectivity index (χ2v) is 5.83. The number of para-hydroxylation sites is 1. The van der Waals surface area contributed by atoms with Crippen molar-refractivity contribution in [3.05, 3.63) is 47.3 Å². The molecule has 1 aliphatic rings. The Morgan fingerprint density at radius 1 is 1.33 bits per heavy atom. The summed E-state index contributed by atoms with van der Waals surface area (Å²) >= 11 is 0. The highest BCUT2D eigenvalue weighted by Gasteiger charge is 2.26. The quantitative estimate of drug-likeness (QED) is 0.770. The van der Waals surface area contributed by atoms with Crippen molar-refractivity contribution in [3.8, 4) is 0 Å². The highest BCUT2D eigenvalue weighted by molar-refractivity contribution is 6.04. The molecule has 0 bridgehead atoms. The fraction of sp³-hybridized carbons (Fsp3) is 0.294. The van der Waals surface area contributed by atoms with Crippen molar-refractivity contribution in [2.24, 2.45) is 0 Å². The summed E-state index contributed by atoms with van der Waals surface area (Å²) in [5.41, 5.74) is 3.36. The molecular weight excluding hydrogens is 304 g/mol. The Kier molecular flexibility index (Phi) is 3.60. The van der Waals surface area contributed by atoms with Gasteiger partial charge in [-0.25, -0.2) is 0 Å². The standard InChI is InChI=1S/C17H18N6O/c1-2-18-15-9-11-10-23(8-7-13(11)19-21-15)17(24)16-12-5-3-4-6-14(12)20-22-16/h3-6,9H,2,7-8,10H2,1H3,(H,18,21)(H,20,22). The number of carbonyl (C=O) groups is 1. The molecule has 4 rings (SSSR count). The van der Waals surface area contributed by atoms with Gasteiger partial charge in [0, 0.05) is 31.4 Å². The monoisotopic (exact) mass is 322 g/mol. The first-order chi connectivity index (χ1) is 11.8. The number of hydrogen-bond acceptors (Lipinski definition) is 5. The highest BCUT2D eigenvalue weighted by atomic mass is 16.2. The van der Waals surface area contributed by atoms with E-state index in [9.17, 15) is 4.79 Å². The van der Waals surface area contributed by atoms with Gasteiger partial charge in [0.1, 0.15) is 5.82 Å². The van der Waals surface area contributed by atoms with Crippen LogP contribution in [0, 0.1) is 0 Å². The largest absolute Gasteiger partial charge is 0.369 e. The van der Waals surface area contributed by atoms with Crippen molar-refractivity contribution in [1.82, 2.24) is 25.3 Å². The van der Waals surface area contributed by atoms with Gasteiger partial charge in [-0.1, -0.05) is 18.2 Å². The minimum Gasteiger partial charge on any atom is -0.369 e. The average molecular weight is 322 g/mol. The summed E-state index contributed by atoms with van der Waals surface area (Å²) in [6.45, 7) is 3.96. The van der Waals surface area contributed by atoms with E-state index < -0.39 is 0 Å². The number of carbonyl (C=O) groups excluding carboxylic acids is 1. The van der Waals surface area contributed by atoms with E-state index in [0.717, 1.165) is 34.5 Å². The zero-order valence-corrected chi connectivity index (χ0v) is 13.4. The highest BCUT2D eigenvalue weighted by Crippen LogP contribution is 2.22. The Balaban J connectivity index is 1.61. The van der Waals surface area contributed by atoms with Gasteiger partial charge in [-0.15, -0.1) is 5.10 Å². The molecule has 0 atom stereocenters. The van der Waals surface area contributed by atoms with E-state index in [1.54, 1.807) is 0 Å². The second-order valence-electron chi connectivity index (χ2n) is 5.83. The predicted octanol–water partition coefficient (Wildman–Crippen LogP) is 1.98. The molecule has 7 nitrogen and oxygen atoms in total. The van der Waals surface area contributed by atoms with Crippen LogP contribution in [0.3, 0.4) is 0 Å². The summed E-state index contributed by atoms with van der Waals surface area (Å²) in [6, 6.07) is 9.65. The fourth-order valence-corrected chi connectivity index (χ4v) is 3.05. The molecule has 7 heteroatoms. The molecule has 0 unspecified atom stereocenters.